The molecule has 0 saturated carbocycles. The first kappa shape index (κ1) is 20.2. The van der Waals surface area contributed by atoms with Crippen molar-refractivity contribution in [1.82, 2.24) is 19.3 Å². The van der Waals surface area contributed by atoms with Gasteiger partial charge in [0.1, 0.15) is 0 Å². The first-order valence-electron chi connectivity index (χ1n) is 11.0. The number of hydrogen-bond donors (Lipinski definition) is 1. The Labute approximate surface area is 187 Å². The average Bonchev–Trinajstić information content (AvgIpc) is 3.49. The number of rotatable bonds is 6. The van der Waals surface area contributed by atoms with E-state index in [1.807, 2.05) is 89.7 Å². The van der Waals surface area contributed by atoms with E-state index < -0.39 is 5.60 Å². The van der Waals surface area contributed by atoms with Crippen LogP contribution in [0.2, 0.25) is 0 Å². The normalized spacial score (nSPS) is 11.8. The van der Waals surface area contributed by atoms with Gasteiger partial charge in [0.05, 0.1) is 16.7 Å². The highest BCUT2D eigenvalue weighted by molar-refractivity contribution is 5.82. The molecule has 2 aromatic heterocycles. The second-order valence-corrected chi connectivity index (χ2v) is 7.88. The lowest BCUT2D eigenvalue weighted by molar-refractivity contribution is 0.112. The Hall–Kier alpha value is -3.70. The van der Waals surface area contributed by atoms with E-state index >= 15 is 0 Å². The standard InChI is InChI=1S/C27H26N4O/c1-3-30-18-17-23(29-30)20-15-16-24-25(19-20)31(4-2)26(28-24)27(32,21-11-7-5-8-12-21)22-13-9-6-10-14-22/h5-19,32H,3-4H2,1-2H3. The van der Waals surface area contributed by atoms with Gasteiger partial charge in [-0.15, -0.1) is 0 Å². The molecule has 5 rings (SSSR count). The van der Waals surface area contributed by atoms with Gasteiger partial charge in [-0.05, 0) is 43.2 Å². The van der Waals surface area contributed by atoms with Crippen LogP contribution in [0.25, 0.3) is 22.3 Å². The minimum atomic E-state index is -1.37. The molecule has 0 aliphatic rings. The van der Waals surface area contributed by atoms with Gasteiger partial charge in [-0.1, -0.05) is 66.7 Å². The summed E-state index contributed by atoms with van der Waals surface area (Å²) < 4.78 is 4.03. The van der Waals surface area contributed by atoms with Crippen molar-refractivity contribution in [3.63, 3.8) is 0 Å². The highest BCUT2D eigenvalue weighted by Gasteiger charge is 2.38. The minimum absolute atomic E-state index is 0.614. The molecule has 0 bridgehead atoms. The Morgan fingerprint density at radius 3 is 2.03 bits per heavy atom. The zero-order chi connectivity index (χ0) is 22.1. The van der Waals surface area contributed by atoms with Crippen LogP contribution in [0, 0.1) is 0 Å². The zero-order valence-corrected chi connectivity index (χ0v) is 18.3. The number of aliphatic hydroxyl groups is 1. The summed E-state index contributed by atoms with van der Waals surface area (Å²) in [5.41, 5.74) is 4.01. The highest BCUT2D eigenvalue weighted by atomic mass is 16.3. The molecule has 2 heterocycles. The fourth-order valence-electron chi connectivity index (χ4n) is 4.35. The van der Waals surface area contributed by atoms with Crippen LogP contribution >= 0.6 is 0 Å². The third kappa shape index (κ3) is 3.22. The number of nitrogens with zero attached hydrogens (tertiary/aromatic N) is 4. The third-order valence-electron chi connectivity index (χ3n) is 6.03. The van der Waals surface area contributed by atoms with Crippen molar-refractivity contribution in [2.45, 2.75) is 32.5 Å². The van der Waals surface area contributed by atoms with E-state index in [9.17, 15) is 5.11 Å². The Bertz CT molecular complexity index is 1310. The van der Waals surface area contributed by atoms with Gasteiger partial charge >= 0.3 is 0 Å². The van der Waals surface area contributed by atoms with E-state index in [0.29, 0.717) is 12.4 Å². The summed E-state index contributed by atoms with van der Waals surface area (Å²) in [7, 11) is 0. The molecular formula is C27H26N4O. The number of benzene rings is 3. The average molecular weight is 423 g/mol. The van der Waals surface area contributed by atoms with Crippen molar-refractivity contribution in [1.29, 1.82) is 0 Å². The number of aromatic nitrogens is 4. The largest absolute Gasteiger partial charge is 0.373 e. The predicted molar refractivity (Wildman–Crippen MR) is 127 cm³/mol. The molecule has 0 fully saturated rings. The van der Waals surface area contributed by atoms with Gasteiger partial charge in [-0.2, -0.15) is 5.10 Å². The van der Waals surface area contributed by atoms with Crippen molar-refractivity contribution >= 4 is 11.0 Å². The van der Waals surface area contributed by atoms with Gasteiger partial charge in [0.2, 0.25) is 0 Å². The summed E-state index contributed by atoms with van der Waals surface area (Å²) in [6.45, 7) is 5.67. The van der Waals surface area contributed by atoms with Crippen molar-refractivity contribution in [2.75, 3.05) is 0 Å². The van der Waals surface area contributed by atoms with E-state index in [1.54, 1.807) is 0 Å². The van der Waals surface area contributed by atoms with Crippen LogP contribution in [0.15, 0.2) is 91.1 Å². The maximum atomic E-state index is 12.3. The fraction of sp³-hybridized carbons (Fsp3) is 0.185. The van der Waals surface area contributed by atoms with Gasteiger partial charge in [0.15, 0.2) is 11.4 Å². The van der Waals surface area contributed by atoms with Crippen LogP contribution in [-0.4, -0.2) is 24.4 Å². The first-order valence-corrected chi connectivity index (χ1v) is 11.0. The summed E-state index contributed by atoms with van der Waals surface area (Å²) in [4.78, 5) is 4.95. The third-order valence-corrected chi connectivity index (χ3v) is 6.03. The van der Waals surface area contributed by atoms with Crippen LogP contribution in [0.5, 0.6) is 0 Å². The molecule has 0 radical (unpaired) electrons. The van der Waals surface area contributed by atoms with E-state index in [-0.39, 0.29) is 0 Å². The predicted octanol–water partition coefficient (Wildman–Crippen LogP) is 5.22. The molecule has 5 nitrogen and oxygen atoms in total. The topological polar surface area (TPSA) is 55.9 Å². The van der Waals surface area contributed by atoms with Gasteiger partial charge in [-0.3, -0.25) is 4.68 Å². The Balaban J connectivity index is 1.74. The molecule has 0 saturated heterocycles. The van der Waals surface area contributed by atoms with Crippen molar-refractivity contribution in [3.05, 3.63) is 108 Å². The first-order chi connectivity index (χ1) is 15.6. The van der Waals surface area contributed by atoms with Crippen LogP contribution in [-0.2, 0) is 18.7 Å². The molecule has 0 aliphatic carbocycles. The molecule has 0 unspecified atom stereocenters. The maximum absolute atomic E-state index is 12.3. The van der Waals surface area contributed by atoms with Crippen LogP contribution in [0.4, 0.5) is 0 Å². The number of fused-ring (bicyclic) bond motifs is 1. The van der Waals surface area contributed by atoms with Crippen molar-refractivity contribution < 1.29 is 5.11 Å². The smallest absolute Gasteiger partial charge is 0.173 e. The van der Waals surface area contributed by atoms with Crippen LogP contribution in [0.3, 0.4) is 0 Å². The van der Waals surface area contributed by atoms with E-state index in [2.05, 4.69) is 29.6 Å². The molecule has 0 amide bonds. The lowest BCUT2D eigenvalue weighted by Gasteiger charge is -2.29. The summed E-state index contributed by atoms with van der Waals surface area (Å²) >= 11 is 0. The summed E-state index contributed by atoms with van der Waals surface area (Å²) in [5, 5.41) is 16.9. The van der Waals surface area contributed by atoms with Crippen molar-refractivity contribution in [3.8, 4) is 11.3 Å². The van der Waals surface area contributed by atoms with Gasteiger partial charge < -0.3 is 9.67 Å². The zero-order valence-electron chi connectivity index (χ0n) is 18.3. The van der Waals surface area contributed by atoms with E-state index in [0.717, 1.165) is 40.0 Å². The second-order valence-electron chi connectivity index (χ2n) is 7.88. The molecule has 0 spiro atoms. The molecule has 160 valence electrons. The highest BCUT2D eigenvalue weighted by Crippen LogP contribution is 2.38. The van der Waals surface area contributed by atoms with E-state index in [1.165, 1.54) is 0 Å². The van der Waals surface area contributed by atoms with Gasteiger partial charge in [-0.25, -0.2) is 4.98 Å². The summed E-state index contributed by atoms with van der Waals surface area (Å²) in [6, 6.07) is 27.7. The molecule has 5 aromatic rings. The monoisotopic (exact) mass is 422 g/mol. The van der Waals surface area contributed by atoms with E-state index in [4.69, 9.17) is 4.98 Å². The Morgan fingerprint density at radius 2 is 1.47 bits per heavy atom. The van der Waals surface area contributed by atoms with Crippen LogP contribution in [0.1, 0.15) is 30.8 Å². The molecule has 1 N–H and O–H groups in total. The number of aryl methyl sites for hydroxylation is 2. The lowest BCUT2D eigenvalue weighted by Crippen LogP contribution is -2.32. The molecule has 0 atom stereocenters. The summed E-state index contributed by atoms with van der Waals surface area (Å²) in [5.74, 6) is 0.614. The lowest BCUT2D eigenvalue weighted by atomic mass is 9.85. The van der Waals surface area contributed by atoms with Crippen LogP contribution < -0.4 is 0 Å². The Kier molecular flexibility index (Phi) is 5.11. The molecular weight excluding hydrogens is 396 g/mol. The number of imidazole rings is 1. The van der Waals surface area contributed by atoms with Gasteiger partial charge in [0.25, 0.3) is 0 Å². The second kappa shape index (κ2) is 8.09. The molecule has 0 aliphatic heterocycles. The van der Waals surface area contributed by atoms with Crippen molar-refractivity contribution in [2.24, 2.45) is 0 Å². The van der Waals surface area contributed by atoms with Gasteiger partial charge in [0, 0.05) is 24.8 Å². The molecule has 5 heteroatoms. The maximum Gasteiger partial charge on any atom is 0.173 e. The Morgan fingerprint density at radius 1 is 0.812 bits per heavy atom. The molecule has 32 heavy (non-hydrogen) atoms. The quantitative estimate of drug-likeness (QED) is 0.408. The summed E-state index contributed by atoms with van der Waals surface area (Å²) in [6.07, 6.45) is 1.99. The number of hydrogen-bond acceptors (Lipinski definition) is 3. The molecule has 3 aromatic carbocycles. The fourth-order valence-corrected chi connectivity index (χ4v) is 4.35. The SMILES string of the molecule is CCn1ccc(-c2ccc3nc(C(O)(c4ccccc4)c4ccccc4)n(CC)c3c2)n1. The minimum Gasteiger partial charge on any atom is -0.373 e.